The molecule has 0 aliphatic heterocycles. The van der Waals surface area contributed by atoms with Crippen LogP contribution >= 0.6 is 22.6 Å². The Morgan fingerprint density at radius 2 is 1.92 bits per heavy atom. The van der Waals surface area contributed by atoms with Crippen LogP contribution in [0.5, 0.6) is 11.5 Å². The monoisotopic (exact) mass is 654 g/mol. The summed E-state index contributed by atoms with van der Waals surface area (Å²) < 4.78 is 12.4. The molecule has 0 saturated heterocycles. The number of aliphatic hydroxyl groups is 2. The summed E-state index contributed by atoms with van der Waals surface area (Å²) in [6, 6.07) is 2.58. The van der Waals surface area contributed by atoms with Gasteiger partial charge in [-0.15, -0.1) is 0 Å². The SMILES string of the molecule is COc1cc(C=O)cc(I)c1O[C@H]1C=C(C(=O)NCCO)C[C@@H](N(CC2CC2)C(=O)CCC2CCCC2)[C@@H]1O. The van der Waals surface area contributed by atoms with Crippen LogP contribution in [0.1, 0.15) is 68.1 Å². The molecule has 1 aromatic carbocycles. The Bertz CT molecular complexity index is 1070. The van der Waals surface area contributed by atoms with E-state index in [0.29, 0.717) is 51.0 Å². The Balaban J connectivity index is 1.62. The molecular formula is C29H39IN2O7. The van der Waals surface area contributed by atoms with Crippen LogP contribution in [0, 0.1) is 15.4 Å². The van der Waals surface area contributed by atoms with Crippen LogP contribution in [0.4, 0.5) is 0 Å². The van der Waals surface area contributed by atoms with E-state index < -0.39 is 18.2 Å². The maximum atomic E-state index is 13.6. The number of aliphatic hydroxyl groups excluding tert-OH is 2. The van der Waals surface area contributed by atoms with E-state index in [1.54, 1.807) is 23.1 Å². The van der Waals surface area contributed by atoms with Crippen molar-refractivity contribution in [2.45, 2.75) is 76.0 Å². The average Bonchev–Trinajstić information content (AvgIpc) is 3.61. The lowest BCUT2D eigenvalue weighted by molar-refractivity contribution is -0.139. The number of benzene rings is 1. The minimum Gasteiger partial charge on any atom is -0.493 e. The summed E-state index contributed by atoms with van der Waals surface area (Å²) in [5.74, 6) is 1.31. The lowest BCUT2D eigenvalue weighted by atomic mass is 9.87. The summed E-state index contributed by atoms with van der Waals surface area (Å²) in [4.78, 5) is 39.8. The third kappa shape index (κ3) is 7.73. The van der Waals surface area contributed by atoms with Crippen LogP contribution in [0.3, 0.4) is 0 Å². The smallest absolute Gasteiger partial charge is 0.247 e. The first-order valence-corrected chi connectivity index (χ1v) is 15.0. The first-order valence-electron chi connectivity index (χ1n) is 13.9. The molecule has 0 bridgehead atoms. The lowest BCUT2D eigenvalue weighted by Crippen LogP contribution is -2.55. The van der Waals surface area contributed by atoms with Gasteiger partial charge in [-0.1, -0.05) is 25.7 Å². The molecule has 0 aromatic heterocycles. The van der Waals surface area contributed by atoms with E-state index in [1.165, 1.54) is 32.8 Å². The number of carbonyl (C=O) groups excluding carboxylic acids is 3. The normalized spacial score (nSPS) is 23.2. The standard InChI is InChI=1S/C29H39IN2O7/c1-38-25-13-20(17-34)12-22(30)28(25)39-24-15-21(29(37)31-10-11-33)14-23(27(24)36)32(16-19-6-7-19)26(35)9-8-18-4-2-3-5-18/h12-13,15,17-19,23-24,27,33,36H,2-11,14,16H2,1H3,(H,31,37)/t23-,24+,27+/m1/s1. The number of nitrogens with zero attached hydrogens (tertiary/aromatic N) is 1. The van der Waals surface area contributed by atoms with Gasteiger partial charge in [-0.2, -0.15) is 0 Å². The number of carbonyl (C=O) groups is 3. The van der Waals surface area contributed by atoms with Crippen molar-refractivity contribution in [2.24, 2.45) is 11.8 Å². The van der Waals surface area contributed by atoms with Crippen molar-refractivity contribution in [1.29, 1.82) is 0 Å². The van der Waals surface area contributed by atoms with Gasteiger partial charge in [-0.3, -0.25) is 14.4 Å². The summed E-state index contributed by atoms with van der Waals surface area (Å²) in [5, 5.41) is 23.5. The van der Waals surface area contributed by atoms with Crippen LogP contribution < -0.4 is 14.8 Å². The quantitative estimate of drug-likeness (QED) is 0.220. The number of aldehydes is 1. The van der Waals surface area contributed by atoms with Gasteiger partial charge < -0.3 is 29.9 Å². The molecule has 0 unspecified atom stereocenters. The maximum absolute atomic E-state index is 13.6. The second kappa shape index (κ2) is 13.9. The van der Waals surface area contributed by atoms with Crippen molar-refractivity contribution >= 4 is 40.7 Å². The summed E-state index contributed by atoms with van der Waals surface area (Å²) in [7, 11) is 1.47. The van der Waals surface area contributed by atoms with Crippen molar-refractivity contribution in [3.8, 4) is 11.5 Å². The van der Waals surface area contributed by atoms with Crippen molar-refractivity contribution in [3.05, 3.63) is 32.9 Å². The number of amides is 2. The van der Waals surface area contributed by atoms with E-state index >= 15 is 0 Å². The fourth-order valence-electron chi connectivity index (χ4n) is 5.61. The van der Waals surface area contributed by atoms with Crippen molar-refractivity contribution < 1.29 is 34.1 Å². The van der Waals surface area contributed by atoms with Crippen LogP contribution in [0.25, 0.3) is 0 Å². The number of ether oxygens (including phenoxy) is 2. The molecule has 2 saturated carbocycles. The third-order valence-corrected chi connectivity index (χ3v) is 8.77. The second-order valence-electron chi connectivity index (χ2n) is 10.8. The summed E-state index contributed by atoms with van der Waals surface area (Å²) in [6.45, 7) is 0.454. The number of hydrogen-bond acceptors (Lipinski definition) is 7. The Hall–Kier alpha value is -2.18. The second-order valence-corrected chi connectivity index (χ2v) is 12.0. The fraction of sp³-hybridized carbons (Fsp3) is 0.621. The van der Waals surface area contributed by atoms with Gasteiger partial charge in [0.25, 0.3) is 0 Å². The van der Waals surface area contributed by atoms with Gasteiger partial charge in [0.05, 0.1) is 23.3 Å². The molecule has 2 fully saturated rings. The topological polar surface area (TPSA) is 125 Å². The number of halogens is 1. The molecule has 10 heteroatoms. The van der Waals surface area contributed by atoms with Gasteiger partial charge in [0, 0.05) is 37.1 Å². The lowest BCUT2D eigenvalue weighted by Gasteiger charge is -2.41. The number of hydrogen-bond donors (Lipinski definition) is 3. The Labute approximate surface area is 243 Å². The van der Waals surface area contributed by atoms with Gasteiger partial charge in [0.1, 0.15) is 18.5 Å². The molecule has 9 nitrogen and oxygen atoms in total. The first-order chi connectivity index (χ1) is 18.8. The molecule has 2 amide bonds. The van der Waals surface area contributed by atoms with Gasteiger partial charge in [0.15, 0.2) is 11.5 Å². The minimum absolute atomic E-state index is 0.0103. The maximum Gasteiger partial charge on any atom is 0.247 e. The number of nitrogens with one attached hydrogen (secondary N) is 1. The molecule has 3 aliphatic carbocycles. The van der Waals surface area contributed by atoms with E-state index in [9.17, 15) is 24.6 Å². The zero-order valence-electron chi connectivity index (χ0n) is 22.4. The van der Waals surface area contributed by atoms with Crippen molar-refractivity contribution in [2.75, 3.05) is 26.8 Å². The minimum atomic E-state index is -1.08. The van der Waals surface area contributed by atoms with Crippen LogP contribution in [0.15, 0.2) is 23.8 Å². The molecule has 3 aliphatic rings. The molecule has 214 valence electrons. The number of rotatable bonds is 13. The van der Waals surface area contributed by atoms with Crippen LogP contribution in [0.2, 0.25) is 0 Å². The molecule has 0 spiro atoms. The van der Waals surface area contributed by atoms with E-state index in [1.807, 2.05) is 22.6 Å². The molecule has 0 heterocycles. The van der Waals surface area contributed by atoms with E-state index in [2.05, 4.69) is 5.32 Å². The van der Waals surface area contributed by atoms with Gasteiger partial charge >= 0.3 is 0 Å². The highest BCUT2D eigenvalue weighted by Gasteiger charge is 2.42. The summed E-state index contributed by atoms with van der Waals surface area (Å²) >= 11 is 2.04. The largest absolute Gasteiger partial charge is 0.493 e. The molecule has 3 atom stereocenters. The Kier molecular flexibility index (Phi) is 10.6. The average molecular weight is 655 g/mol. The van der Waals surface area contributed by atoms with E-state index in [0.717, 1.165) is 25.5 Å². The zero-order chi connectivity index (χ0) is 27.9. The molecular weight excluding hydrogens is 615 g/mol. The molecule has 3 N–H and O–H groups in total. The van der Waals surface area contributed by atoms with Crippen molar-refractivity contribution in [1.82, 2.24) is 10.2 Å². The summed E-state index contributed by atoms with van der Waals surface area (Å²) in [5.41, 5.74) is 0.820. The van der Waals surface area contributed by atoms with Gasteiger partial charge in [0.2, 0.25) is 11.8 Å². The highest BCUT2D eigenvalue weighted by atomic mass is 127. The highest BCUT2D eigenvalue weighted by molar-refractivity contribution is 14.1. The predicted molar refractivity (Wildman–Crippen MR) is 154 cm³/mol. The molecule has 4 rings (SSSR count). The van der Waals surface area contributed by atoms with Crippen molar-refractivity contribution in [3.63, 3.8) is 0 Å². The Morgan fingerprint density at radius 1 is 1.18 bits per heavy atom. The third-order valence-electron chi connectivity index (χ3n) is 7.97. The molecule has 1 aromatic rings. The fourth-order valence-corrected chi connectivity index (χ4v) is 6.36. The Morgan fingerprint density at radius 3 is 2.56 bits per heavy atom. The van der Waals surface area contributed by atoms with Gasteiger partial charge in [-0.05, 0) is 71.9 Å². The van der Waals surface area contributed by atoms with E-state index in [4.69, 9.17) is 9.47 Å². The number of methoxy groups -OCH3 is 1. The van der Waals surface area contributed by atoms with E-state index in [-0.39, 0.29) is 31.4 Å². The predicted octanol–water partition coefficient (Wildman–Crippen LogP) is 3.24. The first kappa shape index (κ1) is 29.8. The molecule has 0 radical (unpaired) electrons. The summed E-state index contributed by atoms with van der Waals surface area (Å²) in [6.07, 6.45) is 8.63. The van der Waals surface area contributed by atoms with Gasteiger partial charge in [-0.25, -0.2) is 0 Å². The van der Waals surface area contributed by atoms with Crippen LogP contribution in [-0.4, -0.2) is 78.3 Å². The highest BCUT2D eigenvalue weighted by Crippen LogP contribution is 2.38. The van der Waals surface area contributed by atoms with Crippen LogP contribution in [-0.2, 0) is 9.59 Å². The zero-order valence-corrected chi connectivity index (χ0v) is 24.6. The molecule has 39 heavy (non-hydrogen) atoms.